The Balaban J connectivity index is 1.21. The molecule has 0 radical (unpaired) electrons. The molecule has 0 spiro atoms. The van der Waals surface area contributed by atoms with Crippen molar-refractivity contribution in [3.05, 3.63) is 73.1 Å². The van der Waals surface area contributed by atoms with E-state index in [4.69, 9.17) is 19.4 Å². The van der Waals surface area contributed by atoms with E-state index < -0.39 is 6.10 Å². The summed E-state index contributed by atoms with van der Waals surface area (Å²) in [7, 11) is 0. The van der Waals surface area contributed by atoms with Crippen LogP contribution in [0.15, 0.2) is 73.1 Å². The third-order valence-corrected chi connectivity index (χ3v) is 6.18. The number of piperazine rings is 1. The van der Waals surface area contributed by atoms with Crippen LogP contribution < -0.4 is 14.4 Å². The monoisotopic (exact) mass is 453 g/mol. The molecule has 4 aromatic rings. The maximum atomic E-state index is 13.1. The van der Waals surface area contributed by atoms with Gasteiger partial charge in [0.1, 0.15) is 12.4 Å². The highest BCUT2D eigenvalue weighted by Gasteiger charge is 2.33. The van der Waals surface area contributed by atoms with Crippen LogP contribution in [-0.2, 0) is 4.79 Å². The molecular weight excluding hydrogens is 430 g/mol. The lowest BCUT2D eigenvalue weighted by Crippen LogP contribution is -2.54. The van der Waals surface area contributed by atoms with Crippen LogP contribution >= 0.6 is 0 Å². The van der Waals surface area contributed by atoms with E-state index in [-0.39, 0.29) is 12.5 Å². The number of aromatic nitrogens is 3. The smallest absolute Gasteiger partial charge is 0.267 e. The van der Waals surface area contributed by atoms with E-state index in [2.05, 4.69) is 9.88 Å². The van der Waals surface area contributed by atoms with E-state index in [0.717, 1.165) is 22.3 Å². The number of nitrogens with zero attached hydrogens (tertiary/aromatic N) is 5. The lowest BCUT2D eigenvalue weighted by Gasteiger charge is -2.38. The molecule has 0 unspecified atom stereocenters. The molecule has 1 fully saturated rings. The van der Waals surface area contributed by atoms with Gasteiger partial charge in [0, 0.05) is 49.5 Å². The van der Waals surface area contributed by atoms with Gasteiger partial charge in [-0.3, -0.25) is 9.78 Å². The molecule has 34 heavy (non-hydrogen) atoms. The van der Waals surface area contributed by atoms with Crippen molar-refractivity contribution in [2.75, 3.05) is 37.7 Å². The largest absolute Gasteiger partial charge is 0.485 e. The van der Waals surface area contributed by atoms with Gasteiger partial charge in [0.15, 0.2) is 17.3 Å². The Morgan fingerprint density at radius 2 is 1.68 bits per heavy atom. The minimum atomic E-state index is -0.626. The molecule has 1 saturated heterocycles. The van der Waals surface area contributed by atoms with Gasteiger partial charge >= 0.3 is 0 Å². The van der Waals surface area contributed by atoms with Crippen LogP contribution in [0.5, 0.6) is 11.5 Å². The van der Waals surface area contributed by atoms with Gasteiger partial charge in [-0.2, -0.15) is 0 Å². The van der Waals surface area contributed by atoms with Crippen LogP contribution in [0.1, 0.15) is 0 Å². The third kappa shape index (κ3) is 3.77. The van der Waals surface area contributed by atoms with Gasteiger partial charge in [-0.1, -0.05) is 24.3 Å². The van der Waals surface area contributed by atoms with Crippen molar-refractivity contribution in [1.82, 2.24) is 19.9 Å². The molecule has 0 saturated carbocycles. The molecule has 1 atom stereocenters. The maximum Gasteiger partial charge on any atom is 0.267 e. The van der Waals surface area contributed by atoms with Gasteiger partial charge in [-0.25, -0.2) is 9.97 Å². The van der Waals surface area contributed by atoms with Crippen molar-refractivity contribution in [2.45, 2.75) is 6.10 Å². The minimum Gasteiger partial charge on any atom is -0.485 e. The Morgan fingerprint density at radius 3 is 2.50 bits per heavy atom. The zero-order valence-electron chi connectivity index (χ0n) is 18.5. The van der Waals surface area contributed by atoms with E-state index >= 15 is 0 Å². The second kappa shape index (κ2) is 8.62. The highest BCUT2D eigenvalue weighted by atomic mass is 16.6. The van der Waals surface area contributed by atoms with Crippen LogP contribution in [0.4, 0.5) is 5.82 Å². The molecule has 170 valence electrons. The predicted octanol–water partition coefficient (Wildman–Crippen LogP) is 3.18. The quantitative estimate of drug-likeness (QED) is 0.471. The van der Waals surface area contributed by atoms with E-state index in [9.17, 15) is 4.79 Å². The molecule has 8 heteroatoms. The molecule has 2 aliphatic heterocycles. The zero-order chi connectivity index (χ0) is 22.9. The Morgan fingerprint density at radius 1 is 0.882 bits per heavy atom. The summed E-state index contributed by atoms with van der Waals surface area (Å²) in [5.41, 5.74) is 1.76. The van der Waals surface area contributed by atoms with Gasteiger partial charge < -0.3 is 19.3 Å². The first-order valence-electron chi connectivity index (χ1n) is 11.4. The predicted molar refractivity (Wildman–Crippen MR) is 128 cm³/mol. The van der Waals surface area contributed by atoms with Gasteiger partial charge in [-0.05, 0) is 36.4 Å². The number of fused-ring (bicyclic) bond motifs is 2. The molecule has 6 rings (SSSR count). The van der Waals surface area contributed by atoms with Gasteiger partial charge in [0.05, 0.1) is 5.52 Å². The molecule has 1 amide bonds. The van der Waals surface area contributed by atoms with Crippen molar-refractivity contribution < 1.29 is 14.3 Å². The zero-order valence-corrected chi connectivity index (χ0v) is 18.5. The van der Waals surface area contributed by atoms with Gasteiger partial charge in [0.25, 0.3) is 5.91 Å². The molecule has 2 aromatic heterocycles. The number of para-hydroxylation sites is 3. The average Bonchev–Trinajstić information content (AvgIpc) is 2.92. The number of ether oxygens (including phenoxy) is 2. The summed E-state index contributed by atoms with van der Waals surface area (Å²) in [4.78, 5) is 31.1. The fourth-order valence-electron chi connectivity index (χ4n) is 4.41. The first-order valence-corrected chi connectivity index (χ1v) is 11.4. The van der Waals surface area contributed by atoms with Crippen LogP contribution in [0, 0.1) is 0 Å². The highest BCUT2D eigenvalue weighted by Crippen LogP contribution is 2.32. The van der Waals surface area contributed by atoms with E-state index in [1.165, 1.54) is 0 Å². The minimum absolute atomic E-state index is 0.0438. The molecule has 0 N–H and O–H groups in total. The number of carbonyl (C=O) groups excluding carboxylic acids is 1. The number of hydrogen-bond donors (Lipinski definition) is 0. The molecule has 0 bridgehead atoms. The SMILES string of the molecule is O=C([C@H]1COc2ccccc2O1)N1CCN(c2nc(-c3cccnc3)nc3ccccc23)CC1. The molecular formula is C26H23N5O3. The summed E-state index contributed by atoms with van der Waals surface area (Å²) in [6.45, 7) is 2.73. The van der Waals surface area contributed by atoms with E-state index in [0.29, 0.717) is 43.5 Å². The number of hydrogen-bond acceptors (Lipinski definition) is 7. The first kappa shape index (κ1) is 20.4. The summed E-state index contributed by atoms with van der Waals surface area (Å²) in [5, 5.41) is 0.996. The topological polar surface area (TPSA) is 80.7 Å². The average molecular weight is 454 g/mol. The summed E-state index contributed by atoms with van der Waals surface area (Å²) in [5.74, 6) is 2.77. The van der Waals surface area contributed by atoms with Crippen molar-refractivity contribution in [1.29, 1.82) is 0 Å². The number of rotatable bonds is 3. The second-order valence-corrected chi connectivity index (χ2v) is 8.31. The van der Waals surface area contributed by atoms with Crippen molar-refractivity contribution in [2.24, 2.45) is 0 Å². The molecule has 8 nitrogen and oxygen atoms in total. The molecule has 2 aromatic carbocycles. The van der Waals surface area contributed by atoms with Crippen LogP contribution in [-0.4, -0.2) is 64.6 Å². The molecule has 0 aliphatic carbocycles. The number of carbonyl (C=O) groups is 1. The summed E-state index contributed by atoms with van der Waals surface area (Å²) < 4.78 is 11.7. The van der Waals surface area contributed by atoms with Crippen molar-refractivity contribution in [3.63, 3.8) is 0 Å². The second-order valence-electron chi connectivity index (χ2n) is 8.31. The van der Waals surface area contributed by atoms with Crippen molar-refractivity contribution in [3.8, 4) is 22.9 Å². The normalized spacial score (nSPS) is 17.6. The number of benzene rings is 2. The third-order valence-electron chi connectivity index (χ3n) is 6.18. The lowest BCUT2D eigenvalue weighted by molar-refractivity contribution is -0.141. The van der Waals surface area contributed by atoms with E-state index in [1.807, 2.05) is 65.6 Å². The van der Waals surface area contributed by atoms with Gasteiger partial charge in [0.2, 0.25) is 6.10 Å². The number of amides is 1. The summed E-state index contributed by atoms with van der Waals surface area (Å²) in [6, 6.07) is 19.3. The first-order chi connectivity index (χ1) is 16.8. The van der Waals surface area contributed by atoms with Gasteiger partial charge in [-0.15, -0.1) is 0 Å². The maximum absolute atomic E-state index is 13.1. The van der Waals surface area contributed by atoms with Crippen LogP contribution in [0.25, 0.3) is 22.3 Å². The van der Waals surface area contributed by atoms with E-state index in [1.54, 1.807) is 12.4 Å². The summed E-state index contributed by atoms with van der Waals surface area (Å²) >= 11 is 0. The number of pyridine rings is 1. The Hall–Kier alpha value is -4.20. The highest BCUT2D eigenvalue weighted by molar-refractivity contribution is 5.91. The molecule has 4 heterocycles. The van der Waals surface area contributed by atoms with Crippen LogP contribution in [0.2, 0.25) is 0 Å². The fraction of sp³-hybridized carbons (Fsp3) is 0.231. The van der Waals surface area contributed by atoms with Crippen LogP contribution in [0.3, 0.4) is 0 Å². The molecule has 2 aliphatic rings. The lowest BCUT2D eigenvalue weighted by atomic mass is 10.1. The summed E-state index contributed by atoms with van der Waals surface area (Å²) in [6.07, 6.45) is 2.88. The Bertz CT molecular complexity index is 1340. The fourth-order valence-corrected chi connectivity index (χ4v) is 4.41. The Kier molecular flexibility index (Phi) is 5.18. The standard InChI is InChI=1S/C26H23N5O3/c32-26(23-17-33-21-9-3-4-10-22(21)34-23)31-14-12-30(13-15-31)25-19-7-1-2-8-20(19)28-24(29-25)18-6-5-11-27-16-18/h1-11,16,23H,12-15,17H2/t23-/m1/s1. The van der Waals surface area contributed by atoms with Crippen molar-refractivity contribution >= 4 is 22.6 Å². The number of anilines is 1. The Labute approximate surface area is 196 Å².